The van der Waals surface area contributed by atoms with Crippen molar-refractivity contribution in [3.8, 4) is 0 Å². The molecule has 3 nitrogen and oxygen atoms in total. The molecule has 130 valence electrons. The van der Waals surface area contributed by atoms with Crippen LogP contribution in [-0.4, -0.2) is 12.3 Å². The van der Waals surface area contributed by atoms with Gasteiger partial charge in [-0.3, -0.25) is 4.74 Å². The van der Waals surface area contributed by atoms with E-state index < -0.39 is 17.9 Å². The van der Waals surface area contributed by atoms with Crippen molar-refractivity contribution < 1.29 is 27.8 Å². The highest BCUT2D eigenvalue weighted by molar-refractivity contribution is 5.77. The van der Waals surface area contributed by atoms with Gasteiger partial charge in [0.25, 0.3) is 0 Å². The molecule has 1 unspecified atom stereocenters. The Bertz CT molecular complexity index is 486. The summed E-state index contributed by atoms with van der Waals surface area (Å²) in [5.74, 6) is -1.37. The third-order valence-electron chi connectivity index (χ3n) is 3.67. The summed E-state index contributed by atoms with van der Waals surface area (Å²) in [6.07, 6.45) is -2.61. The first-order valence-corrected chi connectivity index (χ1v) is 7.71. The molecule has 1 rings (SSSR count). The summed E-state index contributed by atoms with van der Waals surface area (Å²) in [6, 6.07) is 7.18. The van der Waals surface area contributed by atoms with Gasteiger partial charge in [0.05, 0.1) is 5.97 Å². The van der Waals surface area contributed by atoms with Crippen LogP contribution in [0.25, 0.3) is 0 Å². The van der Waals surface area contributed by atoms with Crippen LogP contribution in [0.2, 0.25) is 0 Å². The van der Waals surface area contributed by atoms with Crippen molar-refractivity contribution in [2.24, 2.45) is 5.92 Å². The molecule has 0 heterocycles. The molecule has 0 aliphatic heterocycles. The number of carboxylic acids is 1. The maximum Gasteiger partial charge on any atom is 0.523 e. The lowest BCUT2D eigenvalue weighted by Crippen LogP contribution is -2.50. The second kappa shape index (κ2) is 8.34. The first-order valence-electron chi connectivity index (χ1n) is 7.71. The fourth-order valence-electron chi connectivity index (χ4n) is 2.52. The normalized spacial score (nSPS) is 14.7. The number of carbonyl (C=O) groups excluding carboxylic acids is 1. The molecule has 1 aromatic rings. The number of carboxylic acid groups (broad SMARTS) is 1. The van der Waals surface area contributed by atoms with Crippen molar-refractivity contribution in [1.29, 1.82) is 0 Å². The largest absolute Gasteiger partial charge is 0.547 e. The van der Waals surface area contributed by atoms with E-state index in [-0.39, 0.29) is 12.0 Å². The summed E-state index contributed by atoms with van der Waals surface area (Å²) in [4.78, 5) is 11.5. The highest BCUT2D eigenvalue weighted by atomic mass is 19.4. The Kier molecular flexibility index (Phi) is 7.06. The van der Waals surface area contributed by atoms with E-state index in [9.17, 15) is 23.1 Å². The van der Waals surface area contributed by atoms with Crippen LogP contribution in [-0.2, 0) is 15.1 Å². The lowest BCUT2D eigenvalue weighted by atomic mass is 9.87. The van der Waals surface area contributed by atoms with E-state index in [2.05, 4.69) is 18.6 Å². The van der Waals surface area contributed by atoms with Crippen LogP contribution < -0.4 is 5.11 Å². The third-order valence-corrected chi connectivity index (χ3v) is 3.67. The number of ether oxygens (including phenoxy) is 1. The fraction of sp³-hybridized carbons (Fsp3) is 0.588. The quantitative estimate of drug-likeness (QED) is 0.647. The Labute approximate surface area is 134 Å². The van der Waals surface area contributed by atoms with E-state index >= 15 is 0 Å². The highest BCUT2D eigenvalue weighted by Gasteiger charge is 2.45. The number of hydrogen-bond acceptors (Lipinski definition) is 3. The summed E-state index contributed by atoms with van der Waals surface area (Å²) < 4.78 is 42.3. The number of benzene rings is 1. The number of unbranched alkanes of at least 4 members (excludes halogenated alkanes) is 2. The molecule has 0 radical (unpaired) electrons. The van der Waals surface area contributed by atoms with Gasteiger partial charge in [0.1, 0.15) is 5.60 Å². The molecular weight excluding hydrogens is 309 g/mol. The number of carbonyl (C=O) groups is 1. The van der Waals surface area contributed by atoms with Crippen molar-refractivity contribution in [1.82, 2.24) is 0 Å². The Morgan fingerprint density at radius 3 is 2.22 bits per heavy atom. The van der Waals surface area contributed by atoms with E-state index in [0.717, 1.165) is 12.8 Å². The third kappa shape index (κ3) is 6.22. The lowest BCUT2D eigenvalue weighted by molar-refractivity contribution is -0.395. The number of aliphatic carboxylic acids is 1. The second-order valence-corrected chi connectivity index (χ2v) is 6.02. The van der Waals surface area contributed by atoms with Gasteiger partial charge in [-0.1, -0.05) is 63.4 Å². The van der Waals surface area contributed by atoms with Crippen LogP contribution in [0.15, 0.2) is 30.3 Å². The molecule has 0 saturated carbocycles. The van der Waals surface area contributed by atoms with Crippen molar-refractivity contribution in [3.05, 3.63) is 35.9 Å². The van der Waals surface area contributed by atoms with Crippen LogP contribution in [0.3, 0.4) is 0 Å². The zero-order chi connectivity index (χ0) is 17.5. The highest BCUT2D eigenvalue weighted by Crippen LogP contribution is 2.37. The summed E-state index contributed by atoms with van der Waals surface area (Å²) in [7, 11) is 0. The van der Waals surface area contributed by atoms with Gasteiger partial charge in [-0.15, -0.1) is 13.2 Å². The van der Waals surface area contributed by atoms with Gasteiger partial charge < -0.3 is 9.90 Å². The molecule has 0 bridgehead atoms. The van der Waals surface area contributed by atoms with Crippen LogP contribution in [0.1, 0.15) is 51.5 Å². The summed E-state index contributed by atoms with van der Waals surface area (Å²) in [5, 5.41) is 11.5. The maximum absolute atomic E-state index is 12.8. The topological polar surface area (TPSA) is 49.4 Å². The molecule has 0 amide bonds. The van der Waals surface area contributed by atoms with Crippen LogP contribution >= 0.6 is 0 Å². The smallest absolute Gasteiger partial charge is 0.523 e. The average molecular weight is 331 g/mol. The van der Waals surface area contributed by atoms with Gasteiger partial charge in [0.15, 0.2) is 0 Å². The minimum atomic E-state index is -5.06. The number of hydrogen-bond donors (Lipinski definition) is 0. The zero-order valence-corrected chi connectivity index (χ0v) is 13.4. The van der Waals surface area contributed by atoms with Gasteiger partial charge in [-0.05, 0) is 24.3 Å². The van der Waals surface area contributed by atoms with Crippen molar-refractivity contribution in [2.45, 2.75) is 57.9 Å². The predicted molar refractivity (Wildman–Crippen MR) is 78.2 cm³/mol. The molecular formula is C17H22F3O3-. The van der Waals surface area contributed by atoms with E-state index in [1.807, 2.05) is 0 Å². The summed E-state index contributed by atoms with van der Waals surface area (Å²) in [5.41, 5.74) is -2.56. The Hall–Kier alpha value is -1.56. The van der Waals surface area contributed by atoms with Crippen molar-refractivity contribution >= 4 is 5.97 Å². The maximum atomic E-state index is 12.8. The molecule has 1 atom stereocenters. The van der Waals surface area contributed by atoms with E-state index in [1.54, 1.807) is 6.07 Å². The SMILES string of the molecule is CC(C)CCCCCC(OC(F)(F)F)(C(=O)[O-])c1ccccc1. The molecule has 6 heteroatoms. The molecule has 0 spiro atoms. The van der Waals surface area contributed by atoms with Gasteiger partial charge in [-0.2, -0.15) is 0 Å². The number of alkyl halides is 3. The fourth-order valence-corrected chi connectivity index (χ4v) is 2.52. The monoisotopic (exact) mass is 331 g/mol. The first-order chi connectivity index (χ1) is 10.7. The summed E-state index contributed by atoms with van der Waals surface area (Å²) in [6.45, 7) is 4.12. The van der Waals surface area contributed by atoms with E-state index in [0.29, 0.717) is 18.8 Å². The molecule has 0 saturated heterocycles. The second-order valence-electron chi connectivity index (χ2n) is 6.02. The molecule has 0 N–H and O–H groups in total. The Morgan fingerprint density at radius 1 is 1.13 bits per heavy atom. The van der Waals surface area contributed by atoms with Gasteiger partial charge in [-0.25, -0.2) is 0 Å². The van der Waals surface area contributed by atoms with Crippen molar-refractivity contribution in [2.75, 3.05) is 0 Å². The zero-order valence-electron chi connectivity index (χ0n) is 13.4. The lowest BCUT2D eigenvalue weighted by Gasteiger charge is -2.35. The molecule has 0 aliphatic carbocycles. The van der Waals surface area contributed by atoms with Crippen LogP contribution in [0.5, 0.6) is 0 Å². The van der Waals surface area contributed by atoms with Gasteiger partial charge >= 0.3 is 6.36 Å². The number of halogens is 3. The molecule has 23 heavy (non-hydrogen) atoms. The summed E-state index contributed by atoms with van der Waals surface area (Å²) >= 11 is 0. The minimum Gasteiger partial charge on any atom is -0.547 e. The van der Waals surface area contributed by atoms with Gasteiger partial charge in [0.2, 0.25) is 0 Å². The van der Waals surface area contributed by atoms with Gasteiger partial charge in [0, 0.05) is 0 Å². The molecule has 0 aliphatic rings. The standard InChI is InChI=1S/C17H23F3O3/c1-13(2)9-5-4-8-12-16(15(21)22,23-17(18,19)20)14-10-6-3-7-11-14/h3,6-7,10-11,13H,4-5,8-9,12H2,1-2H3,(H,21,22)/p-1. The van der Waals surface area contributed by atoms with Crippen molar-refractivity contribution in [3.63, 3.8) is 0 Å². The molecule has 0 fully saturated rings. The predicted octanol–water partition coefficient (Wildman–Crippen LogP) is 3.77. The molecule has 1 aromatic carbocycles. The first kappa shape index (κ1) is 19.5. The minimum absolute atomic E-state index is 0.0545. The molecule has 0 aromatic heterocycles. The van der Waals surface area contributed by atoms with E-state index in [1.165, 1.54) is 24.3 Å². The van der Waals surface area contributed by atoms with Crippen LogP contribution in [0.4, 0.5) is 13.2 Å². The Morgan fingerprint density at radius 2 is 1.74 bits per heavy atom. The van der Waals surface area contributed by atoms with E-state index in [4.69, 9.17) is 0 Å². The average Bonchev–Trinajstić information content (AvgIpc) is 2.44. The number of rotatable bonds is 9. The van der Waals surface area contributed by atoms with Crippen LogP contribution in [0, 0.1) is 5.92 Å². The Balaban J connectivity index is 2.93.